The number of ketones is 2. The maximum atomic E-state index is 14.6. The molecule has 8 heteroatoms. The number of hydrogen-bond acceptors (Lipinski definition) is 7. The number of amides is 1. The molecule has 6 rings (SSSR count). The Labute approximate surface area is 248 Å². The molecule has 3 saturated carbocycles. The van der Waals surface area contributed by atoms with Crippen molar-refractivity contribution in [3.05, 3.63) is 41.3 Å². The van der Waals surface area contributed by atoms with E-state index in [1.807, 2.05) is 26.8 Å². The van der Waals surface area contributed by atoms with Gasteiger partial charge in [-0.3, -0.25) is 14.4 Å². The highest BCUT2D eigenvalue weighted by molar-refractivity contribution is 6.05. The summed E-state index contributed by atoms with van der Waals surface area (Å²) in [5.74, 6) is -1.08. The Morgan fingerprint density at radius 1 is 1.05 bits per heavy atom. The van der Waals surface area contributed by atoms with E-state index in [9.17, 15) is 24.8 Å². The second-order valence-electron chi connectivity index (χ2n) is 15.7. The Morgan fingerprint density at radius 2 is 1.74 bits per heavy atom. The van der Waals surface area contributed by atoms with Crippen LogP contribution in [0.2, 0.25) is 0 Å². The van der Waals surface area contributed by atoms with Crippen LogP contribution in [0.5, 0.6) is 0 Å². The Bertz CT molecular complexity index is 1500. The quantitative estimate of drug-likeness (QED) is 0.478. The van der Waals surface area contributed by atoms with Gasteiger partial charge >= 0.3 is 0 Å². The van der Waals surface area contributed by atoms with Gasteiger partial charge in [-0.15, -0.1) is 0 Å². The first-order valence-corrected chi connectivity index (χ1v) is 15.3. The third-order valence-electron chi connectivity index (χ3n) is 13.3. The molecule has 8 nitrogen and oxygen atoms in total. The highest BCUT2D eigenvalue weighted by Gasteiger charge is 2.75. The van der Waals surface area contributed by atoms with Crippen molar-refractivity contribution in [3.8, 4) is 6.07 Å². The van der Waals surface area contributed by atoms with Crippen molar-refractivity contribution >= 4 is 17.5 Å². The molecule has 0 bridgehead atoms. The van der Waals surface area contributed by atoms with Gasteiger partial charge in [0.25, 0.3) is 5.91 Å². The summed E-state index contributed by atoms with van der Waals surface area (Å²) < 4.78 is 5.09. The van der Waals surface area contributed by atoms with Crippen molar-refractivity contribution in [2.75, 3.05) is 0 Å². The maximum Gasteiger partial charge on any atom is 0.290 e. The fourth-order valence-corrected chi connectivity index (χ4v) is 10.5. The van der Waals surface area contributed by atoms with Crippen molar-refractivity contribution in [2.24, 2.45) is 38.9 Å². The van der Waals surface area contributed by atoms with Crippen LogP contribution in [0.25, 0.3) is 0 Å². The number of nitrogens with one attached hydrogen (secondary N) is 1. The molecule has 0 aromatic carbocycles. The van der Waals surface area contributed by atoms with E-state index in [0.29, 0.717) is 12.8 Å². The molecule has 0 aliphatic heterocycles. The summed E-state index contributed by atoms with van der Waals surface area (Å²) >= 11 is 0. The number of nitriles is 1. The van der Waals surface area contributed by atoms with Crippen LogP contribution < -0.4 is 5.32 Å². The summed E-state index contributed by atoms with van der Waals surface area (Å²) in [5, 5.41) is 29.7. The molecule has 1 aromatic rings. The molecule has 42 heavy (non-hydrogen) atoms. The predicted octanol–water partition coefficient (Wildman–Crippen LogP) is 5.49. The van der Waals surface area contributed by atoms with Crippen LogP contribution in [0.15, 0.2) is 40.1 Å². The van der Waals surface area contributed by atoms with Gasteiger partial charge in [0.15, 0.2) is 11.6 Å². The number of Topliss-reactive ketones (excluding diaryl/α,β-unsaturated/α-hetero) is 1. The van der Waals surface area contributed by atoms with E-state index in [4.69, 9.17) is 4.52 Å². The first kappa shape index (κ1) is 29.0. The van der Waals surface area contributed by atoms with Gasteiger partial charge in [0.2, 0.25) is 5.76 Å². The molecule has 0 radical (unpaired) electrons. The van der Waals surface area contributed by atoms with E-state index in [-0.39, 0.29) is 46.1 Å². The standard InChI is InChI=1S/C34H43N3O5/c1-28(2)22-8-10-32(6)23(31(22,5)17-20(19-35)26(28)39)16-25(38)34(41)24-18-30(4,37-27(40)21-9-15-36-42-21)13-11-29(24,3)12-14-33(32,34)7/h9,15-17,22,24,41H,8,10-14,18H2,1-7H3,(H,37,40)/t22-,24+,29+,30-,31-,32+,33-,34+/m0/s1. The zero-order valence-corrected chi connectivity index (χ0v) is 25.9. The Morgan fingerprint density at radius 3 is 2.38 bits per heavy atom. The monoisotopic (exact) mass is 573 g/mol. The molecule has 2 N–H and O–H groups in total. The van der Waals surface area contributed by atoms with E-state index in [1.54, 1.807) is 6.08 Å². The van der Waals surface area contributed by atoms with Gasteiger partial charge in [0.05, 0.1) is 11.8 Å². The fourth-order valence-electron chi connectivity index (χ4n) is 10.5. The van der Waals surface area contributed by atoms with E-state index >= 15 is 0 Å². The van der Waals surface area contributed by atoms with E-state index in [2.05, 4.69) is 44.2 Å². The lowest BCUT2D eigenvalue weighted by atomic mass is 9.33. The van der Waals surface area contributed by atoms with Crippen LogP contribution in [0.1, 0.15) is 104 Å². The third kappa shape index (κ3) is 3.38. The highest BCUT2D eigenvalue weighted by Crippen LogP contribution is 2.75. The van der Waals surface area contributed by atoms with E-state index in [0.717, 1.165) is 37.7 Å². The summed E-state index contributed by atoms with van der Waals surface area (Å²) in [6.07, 6.45) is 9.94. The molecule has 5 aliphatic carbocycles. The second-order valence-corrected chi connectivity index (χ2v) is 15.7. The summed E-state index contributed by atoms with van der Waals surface area (Å²) in [7, 11) is 0. The van der Waals surface area contributed by atoms with Crippen molar-refractivity contribution in [1.82, 2.24) is 10.5 Å². The number of aromatic nitrogens is 1. The van der Waals surface area contributed by atoms with Crippen LogP contribution in [0.3, 0.4) is 0 Å². The SMILES string of the molecule is CC1(C)C(=O)C(C#N)=C[C@]2(C)C3=CC(=O)[C@]4(O)[C@@H]5C[C@@](C)(NC(=O)c6ccno6)CC[C@]5(C)CC[C@@]4(C)[C@]3(C)CC[C@@H]12. The highest BCUT2D eigenvalue weighted by atomic mass is 16.5. The molecule has 5 aliphatic rings. The topological polar surface area (TPSA) is 133 Å². The largest absolute Gasteiger partial charge is 0.381 e. The van der Waals surface area contributed by atoms with Crippen LogP contribution in [-0.2, 0) is 9.59 Å². The Hall–Kier alpha value is -3.05. The number of carbonyl (C=O) groups excluding carboxylic acids is 3. The van der Waals surface area contributed by atoms with Gasteiger partial charge in [-0.2, -0.15) is 5.26 Å². The molecule has 224 valence electrons. The lowest BCUT2D eigenvalue weighted by Crippen LogP contribution is -2.74. The third-order valence-corrected chi connectivity index (χ3v) is 13.3. The van der Waals surface area contributed by atoms with Crippen molar-refractivity contribution < 1.29 is 24.0 Å². The van der Waals surface area contributed by atoms with Crippen molar-refractivity contribution in [1.29, 1.82) is 5.26 Å². The minimum atomic E-state index is -1.64. The lowest BCUT2D eigenvalue weighted by Gasteiger charge is -2.71. The number of carbonyl (C=O) groups is 3. The molecule has 1 amide bonds. The summed E-state index contributed by atoms with van der Waals surface area (Å²) in [4.78, 5) is 40.9. The molecule has 3 fully saturated rings. The van der Waals surface area contributed by atoms with Crippen molar-refractivity contribution in [3.63, 3.8) is 0 Å². The minimum absolute atomic E-state index is 0.0605. The average Bonchev–Trinajstić information content (AvgIpc) is 3.47. The van der Waals surface area contributed by atoms with E-state index in [1.165, 1.54) is 12.3 Å². The van der Waals surface area contributed by atoms with Gasteiger partial charge in [-0.25, -0.2) is 0 Å². The first-order valence-electron chi connectivity index (χ1n) is 15.3. The predicted molar refractivity (Wildman–Crippen MR) is 155 cm³/mol. The van der Waals surface area contributed by atoms with Gasteiger partial charge in [0.1, 0.15) is 11.7 Å². The van der Waals surface area contributed by atoms with Gasteiger partial charge in [0, 0.05) is 33.8 Å². The van der Waals surface area contributed by atoms with Crippen molar-refractivity contribution in [2.45, 2.75) is 105 Å². The van der Waals surface area contributed by atoms with Crippen LogP contribution in [0.4, 0.5) is 0 Å². The minimum Gasteiger partial charge on any atom is -0.381 e. The van der Waals surface area contributed by atoms with Gasteiger partial charge in [-0.05, 0) is 80.3 Å². The van der Waals surface area contributed by atoms with Gasteiger partial charge in [-0.1, -0.05) is 52.8 Å². The fraction of sp³-hybridized carbons (Fsp3) is 0.676. The number of allylic oxidation sites excluding steroid dienone is 3. The van der Waals surface area contributed by atoms with Crippen LogP contribution in [-0.4, -0.2) is 38.9 Å². The van der Waals surface area contributed by atoms with E-state index < -0.39 is 32.8 Å². The molecule has 8 atom stereocenters. The normalized spacial score (nSPS) is 45.7. The number of rotatable bonds is 2. The van der Waals surface area contributed by atoms with Gasteiger partial charge < -0.3 is 14.9 Å². The zero-order valence-electron chi connectivity index (χ0n) is 25.9. The molecular formula is C34H43N3O5. The molecular weight excluding hydrogens is 530 g/mol. The maximum absolute atomic E-state index is 14.6. The Balaban J connectivity index is 1.46. The number of hydrogen-bond donors (Lipinski definition) is 2. The second kappa shape index (κ2) is 8.53. The zero-order chi connectivity index (χ0) is 30.7. The smallest absolute Gasteiger partial charge is 0.290 e. The first-order chi connectivity index (χ1) is 19.4. The summed E-state index contributed by atoms with van der Waals surface area (Å²) in [6, 6.07) is 3.67. The summed E-state index contributed by atoms with van der Waals surface area (Å²) in [6.45, 7) is 14.4. The number of nitrogens with zero attached hydrogens (tertiary/aromatic N) is 2. The average molecular weight is 574 g/mol. The van der Waals surface area contributed by atoms with Crippen LogP contribution in [0, 0.1) is 50.2 Å². The molecule has 1 heterocycles. The molecule has 0 saturated heterocycles. The number of aliphatic hydroxyl groups is 1. The Kier molecular flexibility index (Phi) is 5.90. The molecule has 0 unspecified atom stereocenters. The van der Waals surface area contributed by atoms with Crippen LogP contribution >= 0.6 is 0 Å². The number of fused-ring (bicyclic) bond motifs is 7. The molecule has 0 spiro atoms. The lowest BCUT2D eigenvalue weighted by molar-refractivity contribution is -0.240. The summed E-state index contributed by atoms with van der Waals surface area (Å²) in [5.41, 5.74) is -4.17. The molecule has 1 aromatic heterocycles.